The van der Waals surface area contributed by atoms with E-state index in [9.17, 15) is 0 Å². The van der Waals surface area contributed by atoms with Crippen molar-refractivity contribution in [2.75, 3.05) is 7.11 Å². The van der Waals surface area contributed by atoms with E-state index in [4.69, 9.17) is 10.5 Å². The molecule has 0 heterocycles. The van der Waals surface area contributed by atoms with Gasteiger partial charge in [-0.1, -0.05) is 13.8 Å². The number of methoxy groups -OCH3 is 1. The van der Waals surface area contributed by atoms with Crippen molar-refractivity contribution in [3.8, 4) is 0 Å². The average molecular weight is 157 g/mol. The third kappa shape index (κ3) is 2.46. The smallest absolute Gasteiger partial charge is 0.0591 e. The highest BCUT2D eigenvalue weighted by Gasteiger charge is 2.32. The van der Waals surface area contributed by atoms with Crippen molar-refractivity contribution in [1.82, 2.24) is 0 Å². The van der Waals surface area contributed by atoms with Crippen LogP contribution in [0.1, 0.15) is 33.1 Å². The molecule has 2 heteroatoms. The van der Waals surface area contributed by atoms with Crippen LogP contribution in [0, 0.1) is 5.41 Å². The lowest BCUT2D eigenvalue weighted by molar-refractivity contribution is 0.0179. The number of hydrogen-bond donors (Lipinski definition) is 1. The van der Waals surface area contributed by atoms with Crippen LogP contribution in [-0.2, 0) is 4.74 Å². The summed E-state index contributed by atoms with van der Waals surface area (Å²) in [7, 11) is 1.78. The van der Waals surface area contributed by atoms with Gasteiger partial charge < -0.3 is 10.5 Å². The van der Waals surface area contributed by atoms with Crippen molar-refractivity contribution in [3.63, 3.8) is 0 Å². The fourth-order valence-electron chi connectivity index (χ4n) is 2.09. The van der Waals surface area contributed by atoms with Gasteiger partial charge in [-0.2, -0.15) is 0 Å². The van der Waals surface area contributed by atoms with Gasteiger partial charge >= 0.3 is 0 Å². The first-order valence-electron chi connectivity index (χ1n) is 4.32. The Morgan fingerprint density at radius 1 is 1.36 bits per heavy atom. The van der Waals surface area contributed by atoms with E-state index in [1.54, 1.807) is 7.11 Å². The summed E-state index contributed by atoms with van der Waals surface area (Å²) in [4.78, 5) is 0. The molecule has 0 bridgehead atoms. The van der Waals surface area contributed by atoms with Crippen LogP contribution in [0.25, 0.3) is 0 Å². The molecule has 2 nitrogen and oxygen atoms in total. The molecule has 0 unspecified atom stereocenters. The van der Waals surface area contributed by atoms with E-state index in [1.165, 1.54) is 0 Å². The molecule has 2 atom stereocenters. The third-order valence-corrected chi connectivity index (χ3v) is 2.49. The monoisotopic (exact) mass is 157 g/mol. The zero-order chi connectivity index (χ0) is 8.48. The topological polar surface area (TPSA) is 35.2 Å². The normalized spacial score (nSPS) is 37.1. The molecule has 0 aromatic rings. The van der Waals surface area contributed by atoms with Gasteiger partial charge in [0.15, 0.2) is 0 Å². The Bertz CT molecular complexity index is 134. The van der Waals surface area contributed by atoms with Crippen LogP contribution in [0.15, 0.2) is 0 Å². The molecule has 1 fully saturated rings. The molecular formula is C9H19NO. The molecule has 0 radical (unpaired) electrons. The first-order chi connectivity index (χ1) is 5.03. The van der Waals surface area contributed by atoms with Crippen molar-refractivity contribution >= 4 is 0 Å². The van der Waals surface area contributed by atoms with Crippen LogP contribution in [-0.4, -0.2) is 19.3 Å². The number of hydrogen-bond acceptors (Lipinski definition) is 2. The third-order valence-electron chi connectivity index (χ3n) is 2.49. The maximum atomic E-state index is 5.90. The summed E-state index contributed by atoms with van der Waals surface area (Å²) >= 11 is 0. The molecule has 0 amide bonds. The van der Waals surface area contributed by atoms with Crippen molar-refractivity contribution in [2.45, 2.75) is 45.3 Å². The van der Waals surface area contributed by atoms with Gasteiger partial charge in [0.1, 0.15) is 0 Å². The molecule has 0 aromatic carbocycles. The lowest BCUT2D eigenvalue weighted by Crippen LogP contribution is -2.40. The first-order valence-corrected chi connectivity index (χ1v) is 4.32. The minimum absolute atomic E-state index is 0.337. The van der Waals surface area contributed by atoms with Crippen LogP contribution in [0.3, 0.4) is 0 Å². The molecule has 11 heavy (non-hydrogen) atoms. The Kier molecular flexibility index (Phi) is 2.55. The van der Waals surface area contributed by atoms with E-state index < -0.39 is 0 Å². The van der Waals surface area contributed by atoms with E-state index >= 15 is 0 Å². The van der Waals surface area contributed by atoms with E-state index in [0.717, 1.165) is 19.3 Å². The summed E-state index contributed by atoms with van der Waals surface area (Å²) < 4.78 is 5.32. The fourth-order valence-corrected chi connectivity index (χ4v) is 2.09. The largest absolute Gasteiger partial charge is 0.381 e. The summed E-state index contributed by atoms with van der Waals surface area (Å²) in [5.74, 6) is 0. The average Bonchev–Trinajstić information content (AvgIpc) is 1.83. The molecule has 1 rings (SSSR count). The van der Waals surface area contributed by atoms with Crippen LogP contribution >= 0.6 is 0 Å². The van der Waals surface area contributed by atoms with E-state index in [-0.39, 0.29) is 0 Å². The molecule has 0 aliphatic heterocycles. The van der Waals surface area contributed by atoms with E-state index in [1.807, 2.05) is 0 Å². The van der Waals surface area contributed by atoms with Gasteiger partial charge in [-0.15, -0.1) is 0 Å². The number of nitrogens with two attached hydrogens (primary N) is 1. The second-order valence-corrected chi connectivity index (χ2v) is 4.43. The van der Waals surface area contributed by atoms with E-state index in [2.05, 4.69) is 13.8 Å². The van der Waals surface area contributed by atoms with Gasteiger partial charge in [0.05, 0.1) is 6.10 Å². The van der Waals surface area contributed by atoms with Crippen LogP contribution < -0.4 is 5.73 Å². The van der Waals surface area contributed by atoms with Crippen molar-refractivity contribution in [1.29, 1.82) is 0 Å². The second-order valence-electron chi connectivity index (χ2n) is 4.43. The Labute approximate surface area is 69.1 Å². The second kappa shape index (κ2) is 3.11. The Morgan fingerprint density at radius 3 is 2.45 bits per heavy atom. The lowest BCUT2D eigenvalue weighted by atomic mass is 9.74. The fraction of sp³-hybridized carbons (Fsp3) is 1.00. The molecule has 0 aromatic heterocycles. The van der Waals surface area contributed by atoms with Crippen LogP contribution in [0.2, 0.25) is 0 Å². The SMILES string of the molecule is CO[C@H]1C[C@@H](N)CC(C)(C)C1. The summed E-state index contributed by atoms with van der Waals surface area (Å²) in [6.45, 7) is 4.52. The van der Waals surface area contributed by atoms with Gasteiger partial charge in [0.25, 0.3) is 0 Å². The standard InChI is InChI=1S/C9H19NO/c1-9(2)5-7(10)4-8(6-9)11-3/h7-8H,4-6,10H2,1-3H3/t7-,8+/m1/s1. The maximum Gasteiger partial charge on any atom is 0.0591 e. The highest BCUT2D eigenvalue weighted by molar-refractivity contribution is 4.86. The maximum absolute atomic E-state index is 5.90. The molecule has 1 aliphatic carbocycles. The van der Waals surface area contributed by atoms with Gasteiger partial charge in [-0.05, 0) is 24.7 Å². The van der Waals surface area contributed by atoms with Crippen LogP contribution in [0.5, 0.6) is 0 Å². The zero-order valence-corrected chi connectivity index (χ0v) is 7.76. The summed E-state index contributed by atoms with van der Waals surface area (Å²) in [5, 5.41) is 0. The Morgan fingerprint density at radius 2 is 2.00 bits per heavy atom. The minimum atomic E-state index is 0.337. The summed E-state index contributed by atoms with van der Waals surface area (Å²) in [5.41, 5.74) is 6.27. The highest BCUT2D eigenvalue weighted by Crippen LogP contribution is 2.35. The molecule has 1 aliphatic rings. The first kappa shape index (κ1) is 9.01. The van der Waals surface area contributed by atoms with Crippen molar-refractivity contribution < 1.29 is 4.74 Å². The molecule has 0 saturated heterocycles. The summed E-state index contributed by atoms with van der Waals surface area (Å²) in [6.07, 6.45) is 3.69. The zero-order valence-electron chi connectivity index (χ0n) is 7.76. The van der Waals surface area contributed by atoms with Crippen molar-refractivity contribution in [2.24, 2.45) is 11.1 Å². The Hall–Kier alpha value is -0.0800. The lowest BCUT2D eigenvalue weighted by Gasteiger charge is -2.37. The molecular weight excluding hydrogens is 138 g/mol. The van der Waals surface area contributed by atoms with Gasteiger partial charge in [0.2, 0.25) is 0 Å². The van der Waals surface area contributed by atoms with Gasteiger partial charge in [-0.3, -0.25) is 0 Å². The predicted octanol–water partition coefficient (Wildman–Crippen LogP) is 1.54. The van der Waals surface area contributed by atoms with Crippen molar-refractivity contribution in [3.05, 3.63) is 0 Å². The minimum Gasteiger partial charge on any atom is -0.381 e. The Balaban J connectivity index is 2.51. The quantitative estimate of drug-likeness (QED) is 0.626. The number of rotatable bonds is 1. The molecule has 1 saturated carbocycles. The highest BCUT2D eigenvalue weighted by atomic mass is 16.5. The molecule has 0 spiro atoms. The van der Waals surface area contributed by atoms with Gasteiger partial charge in [-0.25, -0.2) is 0 Å². The van der Waals surface area contributed by atoms with Gasteiger partial charge in [0, 0.05) is 13.2 Å². The summed E-state index contributed by atoms with van der Waals surface area (Å²) in [6, 6.07) is 0.337. The molecule has 66 valence electrons. The van der Waals surface area contributed by atoms with E-state index in [0.29, 0.717) is 17.6 Å². The number of ether oxygens (including phenoxy) is 1. The van der Waals surface area contributed by atoms with Crippen LogP contribution in [0.4, 0.5) is 0 Å². The predicted molar refractivity (Wildman–Crippen MR) is 46.4 cm³/mol. The molecule has 2 N–H and O–H groups in total.